The number of halogens is 1. The maximum Gasteiger partial charge on any atom is 0.321 e. The lowest BCUT2D eigenvalue weighted by atomic mass is 9.84. The largest absolute Gasteiger partial charge is 0.480 e. The first-order valence-corrected chi connectivity index (χ1v) is 12.7. The average molecular weight is 490 g/mol. The van der Waals surface area contributed by atoms with Crippen molar-refractivity contribution >= 4 is 28.9 Å². The Bertz CT molecular complexity index is 1250. The van der Waals surface area contributed by atoms with Crippen LogP contribution in [0.1, 0.15) is 42.7 Å². The topological polar surface area (TPSA) is 76.6 Å². The molecule has 0 radical (unpaired) electrons. The molecule has 3 heterocycles. The average Bonchev–Trinajstić information content (AvgIpc) is 3.32. The third kappa shape index (κ3) is 5.21. The molecular formula is C29H32FN3O3. The number of aliphatic carboxylic acids is 1. The van der Waals surface area contributed by atoms with Gasteiger partial charge in [0.1, 0.15) is 11.9 Å². The highest BCUT2D eigenvalue weighted by molar-refractivity contribution is 5.91. The van der Waals surface area contributed by atoms with Gasteiger partial charge < -0.3 is 15.0 Å². The Morgan fingerprint density at radius 1 is 1.00 bits per heavy atom. The summed E-state index contributed by atoms with van der Waals surface area (Å²) in [7, 11) is 0. The summed E-state index contributed by atoms with van der Waals surface area (Å²) in [5.41, 5.74) is 3.11. The molecule has 0 aliphatic carbocycles. The van der Waals surface area contributed by atoms with Gasteiger partial charge in [0.2, 0.25) is 5.91 Å². The van der Waals surface area contributed by atoms with Gasteiger partial charge in [-0.15, -0.1) is 0 Å². The molecule has 2 aromatic carbocycles. The lowest BCUT2D eigenvalue weighted by Gasteiger charge is -2.41. The summed E-state index contributed by atoms with van der Waals surface area (Å²) in [4.78, 5) is 32.2. The molecule has 5 rings (SSSR count). The fourth-order valence-corrected chi connectivity index (χ4v) is 5.90. The zero-order valence-electron chi connectivity index (χ0n) is 20.3. The van der Waals surface area contributed by atoms with Crippen molar-refractivity contribution < 1.29 is 19.1 Å². The minimum absolute atomic E-state index is 0.0170. The van der Waals surface area contributed by atoms with Crippen LogP contribution in [0.15, 0.2) is 60.8 Å². The van der Waals surface area contributed by atoms with E-state index in [4.69, 9.17) is 0 Å². The molecule has 2 aliphatic heterocycles. The molecule has 7 heteroatoms. The summed E-state index contributed by atoms with van der Waals surface area (Å²) in [5.74, 6) is -0.782. The highest BCUT2D eigenvalue weighted by Crippen LogP contribution is 2.35. The lowest BCUT2D eigenvalue weighted by Crippen LogP contribution is -2.52. The molecule has 3 aromatic rings. The number of hydrogen-bond acceptors (Lipinski definition) is 3. The molecule has 2 aliphatic rings. The Balaban J connectivity index is 1.17. The number of aromatic amines is 1. The maximum atomic E-state index is 13.4. The molecule has 0 bridgehead atoms. The normalized spacial score (nSPS) is 19.2. The number of carbonyl (C=O) groups excluding carboxylic acids is 1. The number of fused-ring (bicyclic) bond motifs is 1. The first-order valence-electron chi connectivity index (χ1n) is 12.7. The number of carboxylic acid groups (broad SMARTS) is 1. The summed E-state index contributed by atoms with van der Waals surface area (Å²) in [5, 5.41) is 11.4. The van der Waals surface area contributed by atoms with Crippen molar-refractivity contribution in [3.05, 3.63) is 77.7 Å². The van der Waals surface area contributed by atoms with Crippen LogP contribution in [0, 0.1) is 11.7 Å². The Labute approximate surface area is 210 Å². The maximum absolute atomic E-state index is 13.4. The fourth-order valence-electron chi connectivity index (χ4n) is 5.90. The standard InChI is InChI=1S/C29H32FN3O3/c30-23-5-3-4-20(18-23)8-9-27(34)32-14-12-22(13-15-32)28(29(35)36)33-16-10-21(11-17-33)25-19-31-26-7-2-1-6-24(25)26/h1-9,18-19,21-22,28,31H,10-17H2,(H,35,36). The number of amides is 1. The van der Waals surface area contributed by atoms with E-state index in [1.807, 2.05) is 6.07 Å². The molecule has 0 spiro atoms. The molecular weight excluding hydrogens is 457 g/mol. The first-order chi connectivity index (χ1) is 17.5. The van der Waals surface area contributed by atoms with Crippen LogP contribution in [0.3, 0.4) is 0 Å². The molecule has 1 unspecified atom stereocenters. The van der Waals surface area contributed by atoms with E-state index in [-0.39, 0.29) is 17.6 Å². The summed E-state index contributed by atoms with van der Waals surface area (Å²) in [6.07, 6.45) is 8.41. The molecule has 36 heavy (non-hydrogen) atoms. The van der Waals surface area contributed by atoms with Crippen molar-refractivity contribution in [1.82, 2.24) is 14.8 Å². The molecule has 1 amide bonds. The number of carbonyl (C=O) groups is 2. The van der Waals surface area contributed by atoms with Crippen molar-refractivity contribution in [1.29, 1.82) is 0 Å². The Morgan fingerprint density at radius 2 is 1.75 bits per heavy atom. The van der Waals surface area contributed by atoms with Gasteiger partial charge in [0.15, 0.2) is 0 Å². The van der Waals surface area contributed by atoms with Gasteiger partial charge in [-0.2, -0.15) is 0 Å². The van der Waals surface area contributed by atoms with Gasteiger partial charge in [-0.25, -0.2) is 4.39 Å². The molecule has 6 nitrogen and oxygen atoms in total. The number of hydrogen-bond donors (Lipinski definition) is 2. The second-order valence-electron chi connectivity index (χ2n) is 9.93. The monoisotopic (exact) mass is 489 g/mol. The number of benzene rings is 2. The SMILES string of the molecule is O=C(O)C(C1CCN(C(=O)C=Cc2cccc(F)c2)CC1)N1CCC(c2c[nH]c3ccccc23)CC1. The number of likely N-dealkylation sites (tertiary alicyclic amines) is 2. The lowest BCUT2D eigenvalue weighted by molar-refractivity contribution is -0.147. The van der Waals surface area contributed by atoms with Crippen LogP contribution in [0.5, 0.6) is 0 Å². The van der Waals surface area contributed by atoms with Crippen LogP contribution in [-0.2, 0) is 9.59 Å². The number of para-hydroxylation sites is 1. The third-order valence-electron chi connectivity index (χ3n) is 7.80. The summed E-state index contributed by atoms with van der Waals surface area (Å²) < 4.78 is 13.4. The van der Waals surface area contributed by atoms with E-state index in [0.717, 1.165) is 31.4 Å². The van der Waals surface area contributed by atoms with Crippen LogP contribution in [0.2, 0.25) is 0 Å². The van der Waals surface area contributed by atoms with E-state index in [1.165, 1.54) is 29.2 Å². The van der Waals surface area contributed by atoms with Crippen LogP contribution in [0.25, 0.3) is 17.0 Å². The van der Waals surface area contributed by atoms with Crippen molar-refractivity contribution in [2.24, 2.45) is 5.92 Å². The third-order valence-corrected chi connectivity index (χ3v) is 7.80. The second kappa shape index (κ2) is 10.7. The Kier molecular flexibility index (Phi) is 7.18. The molecule has 0 saturated carbocycles. The van der Waals surface area contributed by atoms with Gasteiger partial charge >= 0.3 is 5.97 Å². The molecule has 1 atom stereocenters. The quantitative estimate of drug-likeness (QED) is 0.484. The highest BCUT2D eigenvalue weighted by Gasteiger charge is 2.38. The zero-order valence-corrected chi connectivity index (χ0v) is 20.3. The summed E-state index contributed by atoms with van der Waals surface area (Å²) in [6.45, 7) is 2.59. The highest BCUT2D eigenvalue weighted by atomic mass is 19.1. The van der Waals surface area contributed by atoms with Gasteiger partial charge in [-0.3, -0.25) is 14.5 Å². The van der Waals surface area contributed by atoms with Crippen molar-refractivity contribution in [3.8, 4) is 0 Å². The molecule has 188 valence electrons. The van der Waals surface area contributed by atoms with E-state index >= 15 is 0 Å². The minimum Gasteiger partial charge on any atom is -0.480 e. The predicted octanol–water partition coefficient (Wildman–Crippen LogP) is 4.89. The Hall–Kier alpha value is -3.45. The number of nitrogens with one attached hydrogen (secondary N) is 1. The molecule has 1 aromatic heterocycles. The van der Waals surface area contributed by atoms with Gasteiger partial charge in [-0.1, -0.05) is 30.3 Å². The minimum atomic E-state index is -0.767. The van der Waals surface area contributed by atoms with Gasteiger partial charge in [0.05, 0.1) is 0 Å². The van der Waals surface area contributed by atoms with Crippen LogP contribution >= 0.6 is 0 Å². The predicted molar refractivity (Wildman–Crippen MR) is 138 cm³/mol. The number of rotatable bonds is 6. The van der Waals surface area contributed by atoms with Gasteiger partial charge in [0, 0.05) is 36.3 Å². The van der Waals surface area contributed by atoms with Crippen molar-refractivity contribution in [2.45, 2.75) is 37.6 Å². The van der Waals surface area contributed by atoms with E-state index < -0.39 is 12.0 Å². The zero-order chi connectivity index (χ0) is 25.1. The Morgan fingerprint density at radius 3 is 2.47 bits per heavy atom. The number of nitrogens with zero attached hydrogens (tertiary/aromatic N) is 2. The van der Waals surface area contributed by atoms with Crippen LogP contribution in [0.4, 0.5) is 4.39 Å². The van der Waals surface area contributed by atoms with E-state index in [1.54, 1.807) is 23.1 Å². The van der Waals surface area contributed by atoms with E-state index in [0.29, 0.717) is 37.4 Å². The number of piperidine rings is 2. The van der Waals surface area contributed by atoms with E-state index in [2.05, 4.69) is 34.3 Å². The van der Waals surface area contributed by atoms with Gasteiger partial charge in [-0.05, 0) is 86.0 Å². The number of H-pyrrole nitrogens is 1. The number of carboxylic acids is 1. The first kappa shape index (κ1) is 24.3. The molecule has 2 N–H and O–H groups in total. The van der Waals surface area contributed by atoms with E-state index in [9.17, 15) is 19.1 Å². The van der Waals surface area contributed by atoms with Crippen LogP contribution < -0.4 is 0 Å². The summed E-state index contributed by atoms with van der Waals surface area (Å²) in [6, 6.07) is 13.9. The smallest absolute Gasteiger partial charge is 0.321 e. The van der Waals surface area contributed by atoms with Gasteiger partial charge in [0.25, 0.3) is 0 Å². The fraction of sp³-hybridized carbons (Fsp3) is 0.379. The number of aromatic nitrogens is 1. The summed E-state index contributed by atoms with van der Waals surface area (Å²) >= 11 is 0. The van der Waals surface area contributed by atoms with Crippen molar-refractivity contribution in [3.63, 3.8) is 0 Å². The van der Waals surface area contributed by atoms with Crippen LogP contribution in [-0.4, -0.2) is 64.0 Å². The second-order valence-corrected chi connectivity index (χ2v) is 9.93. The van der Waals surface area contributed by atoms with Crippen molar-refractivity contribution in [2.75, 3.05) is 26.2 Å². The molecule has 2 saturated heterocycles. The molecule has 2 fully saturated rings.